The molecule has 2 aromatic rings. The SMILES string of the molecule is Cc1cc(NC(=O)CSc2nc(=O)n(N3CCN(C)CC3)c3c2CCCC3)no1. The normalized spacial score (nSPS) is 17.2. The molecule has 0 atom stereocenters. The quantitative estimate of drug-likeness (QED) is 0.568. The monoisotopic (exact) mass is 418 g/mol. The van der Waals surface area contributed by atoms with Crippen molar-refractivity contribution in [3.05, 3.63) is 33.6 Å². The molecule has 0 saturated carbocycles. The predicted octanol–water partition coefficient (Wildman–Crippen LogP) is 1.03. The standard InChI is InChI=1S/C19H26N6O3S/c1-13-11-16(22-28-13)20-17(26)12-29-18-14-5-3-4-6-15(14)25(19(27)21-18)24-9-7-23(2)8-10-24/h11H,3-10,12H2,1-2H3,(H,20,22,26). The molecule has 10 heteroatoms. The summed E-state index contributed by atoms with van der Waals surface area (Å²) in [6.07, 6.45) is 3.91. The third-order valence-corrected chi connectivity index (χ3v) is 6.35. The average molecular weight is 419 g/mol. The third kappa shape index (κ3) is 4.48. The van der Waals surface area contributed by atoms with Gasteiger partial charge in [-0.25, -0.2) is 9.47 Å². The number of hydrogen-bond donors (Lipinski definition) is 1. The van der Waals surface area contributed by atoms with Crippen molar-refractivity contribution in [1.29, 1.82) is 0 Å². The van der Waals surface area contributed by atoms with E-state index in [0.717, 1.165) is 63.1 Å². The number of likely N-dealkylation sites (N-methyl/N-ethyl adjacent to an activating group) is 1. The lowest BCUT2D eigenvalue weighted by Crippen LogP contribution is -2.54. The van der Waals surface area contributed by atoms with Crippen LogP contribution in [0.25, 0.3) is 0 Å². The number of aryl methyl sites for hydroxylation is 1. The number of fused-ring (bicyclic) bond motifs is 1. The Labute approximate surface area is 173 Å². The summed E-state index contributed by atoms with van der Waals surface area (Å²) in [4.78, 5) is 31.8. The fourth-order valence-corrected chi connectivity index (χ4v) is 4.69. The fraction of sp³-hybridized carbons (Fsp3) is 0.579. The van der Waals surface area contributed by atoms with Crippen LogP contribution in [0, 0.1) is 6.92 Å². The van der Waals surface area contributed by atoms with E-state index >= 15 is 0 Å². The van der Waals surface area contributed by atoms with Gasteiger partial charge in [0, 0.05) is 37.8 Å². The third-order valence-electron chi connectivity index (χ3n) is 5.33. The van der Waals surface area contributed by atoms with Crippen molar-refractivity contribution < 1.29 is 9.32 Å². The van der Waals surface area contributed by atoms with Gasteiger partial charge in [0.1, 0.15) is 10.8 Å². The molecule has 1 N–H and O–H groups in total. The number of carbonyl (C=O) groups excluding carboxylic acids is 1. The minimum atomic E-state index is -0.245. The first kappa shape index (κ1) is 20.0. The minimum Gasteiger partial charge on any atom is -0.360 e. The second-order valence-corrected chi connectivity index (χ2v) is 8.52. The first-order valence-electron chi connectivity index (χ1n) is 9.96. The van der Waals surface area contributed by atoms with Crippen molar-refractivity contribution in [2.45, 2.75) is 37.6 Å². The summed E-state index contributed by atoms with van der Waals surface area (Å²) in [5.74, 6) is 1.01. The molecule has 0 bridgehead atoms. The number of rotatable bonds is 5. The largest absolute Gasteiger partial charge is 0.367 e. The van der Waals surface area contributed by atoms with E-state index in [0.29, 0.717) is 16.6 Å². The van der Waals surface area contributed by atoms with Crippen molar-refractivity contribution in [3.63, 3.8) is 0 Å². The van der Waals surface area contributed by atoms with Crippen LogP contribution in [0.1, 0.15) is 29.9 Å². The van der Waals surface area contributed by atoms with Gasteiger partial charge in [-0.2, -0.15) is 4.98 Å². The molecule has 0 spiro atoms. The smallest absolute Gasteiger partial charge is 0.360 e. The van der Waals surface area contributed by atoms with Crippen LogP contribution in [0.5, 0.6) is 0 Å². The van der Waals surface area contributed by atoms with Crippen LogP contribution in [0.15, 0.2) is 20.4 Å². The van der Waals surface area contributed by atoms with E-state index in [9.17, 15) is 9.59 Å². The maximum Gasteiger partial charge on any atom is 0.367 e. The Morgan fingerprint density at radius 2 is 2.00 bits per heavy atom. The van der Waals surface area contributed by atoms with Crippen LogP contribution in [-0.2, 0) is 17.6 Å². The number of thioether (sulfide) groups is 1. The second kappa shape index (κ2) is 8.58. The van der Waals surface area contributed by atoms with E-state index in [1.165, 1.54) is 11.8 Å². The molecule has 1 fully saturated rings. The molecule has 1 saturated heterocycles. The highest BCUT2D eigenvalue weighted by molar-refractivity contribution is 8.00. The van der Waals surface area contributed by atoms with Crippen LogP contribution in [0.2, 0.25) is 0 Å². The summed E-state index contributed by atoms with van der Waals surface area (Å²) in [6.45, 7) is 5.26. The zero-order valence-corrected chi connectivity index (χ0v) is 17.6. The van der Waals surface area contributed by atoms with Gasteiger partial charge in [0.25, 0.3) is 0 Å². The Balaban J connectivity index is 1.52. The summed E-state index contributed by atoms with van der Waals surface area (Å²) >= 11 is 1.32. The molecule has 2 aromatic heterocycles. The second-order valence-electron chi connectivity index (χ2n) is 7.56. The molecule has 29 heavy (non-hydrogen) atoms. The Hall–Kier alpha value is -2.33. The number of piperazine rings is 1. The summed E-state index contributed by atoms with van der Waals surface area (Å²) < 4.78 is 6.76. The molecule has 4 rings (SSSR count). The predicted molar refractivity (Wildman–Crippen MR) is 111 cm³/mol. The van der Waals surface area contributed by atoms with Crippen molar-refractivity contribution in [2.75, 3.05) is 49.3 Å². The van der Waals surface area contributed by atoms with Gasteiger partial charge >= 0.3 is 5.69 Å². The Morgan fingerprint density at radius 1 is 1.24 bits per heavy atom. The van der Waals surface area contributed by atoms with Gasteiger partial charge in [-0.3, -0.25) is 4.79 Å². The molecule has 9 nitrogen and oxygen atoms in total. The number of aromatic nitrogens is 3. The van der Waals surface area contributed by atoms with Gasteiger partial charge in [-0.15, -0.1) is 0 Å². The zero-order valence-electron chi connectivity index (χ0n) is 16.8. The molecule has 0 radical (unpaired) electrons. The average Bonchev–Trinajstić information content (AvgIpc) is 3.12. The summed E-state index contributed by atoms with van der Waals surface area (Å²) in [5, 5.41) is 9.28. The van der Waals surface area contributed by atoms with E-state index in [4.69, 9.17) is 4.52 Å². The number of nitrogens with zero attached hydrogens (tertiary/aromatic N) is 5. The van der Waals surface area contributed by atoms with Crippen molar-refractivity contribution in [2.24, 2.45) is 0 Å². The van der Waals surface area contributed by atoms with Gasteiger partial charge in [-0.05, 0) is 39.7 Å². The van der Waals surface area contributed by atoms with Gasteiger partial charge in [-0.1, -0.05) is 16.9 Å². The number of nitrogens with one attached hydrogen (secondary N) is 1. The Morgan fingerprint density at radius 3 is 2.72 bits per heavy atom. The highest BCUT2D eigenvalue weighted by atomic mass is 32.2. The van der Waals surface area contributed by atoms with E-state index < -0.39 is 0 Å². The summed E-state index contributed by atoms with van der Waals surface area (Å²) in [7, 11) is 2.10. The van der Waals surface area contributed by atoms with Crippen molar-refractivity contribution in [3.8, 4) is 0 Å². The van der Waals surface area contributed by atoms with Crippen LogP contribution in [-0.4, -0.2) is 64.6 Å². The van der Waals surface area contributed by atoms with Gasteiger partial charge in [0.15, 0.2) is 5.82 Å². The zero-order chi connectivity index (χ0) is 20.4. The maximum atomic E-state index is 12.9. The molecule has 3 heterocycles. The van der Waals surface area contributed by atoms with E-state index in [2.05, 4.69) is 32.4 Å². The highest BCUT2D eigenvalue weighted by Gasteiger charge is 2.25. The Bertz CT molecular complexity index is 948. The molecule has 1 aliphatic heterocycles. The molecule has 0 unspecified atom stereocenters. The number of hydrogen-bond acceptors (Lipinski definition) is 8. The molecule has 0 aromatic carbocycles. The molecule has 1 amide bonds. The van der Waals surface area contributed by atoms with Crippen LogP contribution in [0.4, 0.5) is 5.82 Å². The fourth-order valence-electron chi connectivity index (χ4n) is 3.82. The maximum absolute atomic E-state index is 12.9. The van der Waals surface area contributed by atoms with Gasteiger partial charge in [0.05, 0.1) is 11.4 Å². The van der Waals surface area contributed by atoms with E-state index in [1.807, 2.05) is 0 Å². The molecule has 2 aliphatic rings. The van der Waals surface area contributed by atoms with Gasteiger partial charge < -0.3 is 19.7 Å². The molecule has 1 aliphatic carbocycles. The highest BCUT2D eigenvalue weighted by Crippen LogP contribution is 2.28. The molecular formula is C19H26N6O3S. The molecular weight excluding hydrogens is 392 g/mol. The van der Waals surface area contributed by atoms with Gasteiger partial charge in [0.2, 0.25) is 5.91 Å². The van der Waals surface area contributed by atoms with Crippen molar-refractivity contribution in [1.82, 2.24) is 19.7 Å². The lowest BCUT2D eigenvalue weighted by molar-refractivity contribution is -0.113. The Kier molecular flexibility index (Phi) is 5.91. The number of anilines is 1. The number of amides is 1. The topological polar surface area (TPSA) is 96.5 Å². The van der Waals surface area contributed by atoms with Crippen LogP contribution in [0.3, 0.4) is 0 Å². The van der Waals surface area contributed by atoms with Crippen LogP contribution >= 0.6 is 11.8 Å². The first-order chi connectivity index (χ1) is 14.0. The van der Waals surface area contributed by atoms with E-state index in [-0.39, 0.29) is 17.3 Å². The van der Waals surface area contributed by atoms with E-state index in [1.54, 1.807) is 17.7 Å². The first-order valence-corrected chi connectivity index (χ1v) is 10.9. The minimum absolute atomic E-state index is 0.170. The summed E-state index contributed by atoms with van der Waals surface area (Å²) in [6, 6.07) is 1.67. The number of carbonyl (C=O) groups is 1. The van der Waals surface area contributed by atoms with Crippen LogP contribution < -0.4 is 16.0 Å². The molecule has 156 valence electrons. The lowest BCUT2D eigenvalue weighted by Gasteiger charge is -2.37. The summed E-state index contributed by atoms with van der Waals surface area (Å²) in [5.41, 5.74) is 1.94. The lowest BCUT2D eigenvalue weighted by atomic mass is 9.97. The van der Waals surface area contributed by atoms with Crippen molar-refractivity contribution >= 4 is 23.5 Å².